The molecule has 1 unspecified atom stereocenters. The monoisotopic (exact) mass is 610 g/mol. The van der Waals surface area contributed by atoms with Crippen molar-refractivity contribution in [1.29, 1.82) is 0 Å². The zero-order valence-corrected chi connectivity index (χ0v) is 25.5. The van der Waals surface area contributed by atoms with E-state index in [0.29, 0.717) is 33.4 Å². The van der Waals surface area contributed by atoms with Crippen LogP contribution >= 0.6 is 0 Å². The maximum Gasteiger partial charge on any atom is 0.399 e. The van der Waals surface area contributed by atoms with E-state index in [1.165, 1.54) is 31.3 Å². The van der Waals surface area contributed by atoms with Gasteiger partial charge in [0, 0.05) is 7.05 Å². The molecule has 0 spiro atoms. The van der Waals surface area contributed by atoms with Crippen molar-refractivity contribution < 1.29 is 32.3 Å². The summed E-state index contributed by atoms with van der Waals surface area (Å²) < 4.78 is 44.0. The number of rotatable bonds is 4. The first kappa shape index (κ1) is 30.0. The van der Waals surface area contributed by atoms with Gasteiger partial charge in [-0.15, -0.1) is 0 Å². The molecule has 0 fully saturated rings. The van der Waals surface area contributed by atoms with Crippen LogP contribution in [0.15, 0.2) is 60.7 Å². The minimum absolute atomic E-state index is 0.0595. The first-order valence-electron chi connectivity index (χ1n) is 14.4. The molecule has 45 heavy (non-hydrogen) atoms. The van der Waals surface area contributed by atoms with Gasteiger partial charge in [-0.1, -0.05) is 30.3 Å². The van der Waals surface area contributed by atoms with Crippen LogP contribution in [0.1, 0.15) is 86.3 Å². The Morgan fingerprint density at radius 2 is 1.02 bits per heavy atom. The van der Waals surface area contributed by atoms with Crippen molar-refractivity contribution in [3.63, 3.8) is 0 Å². The predicted molar refractivity (Wildman–Crippen MR) is 164 cm³/mol. The molecule has 9 heteroatoms. The zero-order chi connectivity index (χ0) is 32.7. The number of imide groups is 2. The molecule has 4 aromatic rings. The standard InChI is InChI=1S/C36H29F3N2O4/c1-17-7-10-24(19(3)18(17)2)31(36(37,38)39)25-13-14-30(21(5)20(25)4)41-34(44)27-12-9-23(16-29(27)35(41)45)22-8-11-26-28(15-22)33(43)40(6)32(26)42/h7-16,31H,1-6H3. The molecular weight excluding hydrogens is 581 g/mol. The molecule has 2 heterocycles. The van der Waals surface area contributed by atoms with Crippen LogP contribution in [0.5, 0.6) is 0 Å². The fourth-order valence-electron chi connectivity index (χ4n) is 6.37. The summed E-state index contributed by atoms with van der Waals surface area (Å²) in [6.07, 6.45) is -4.58. The summed E-state index contributed by atoms with van der Waals surface area (Å²) in [6.45, 7) is 8.55. The average molecular weight is 611 g/mol. The summed E-state index contributed by atoms with van der Waals surface area (Å²) in [6, 6.07) is 15.5. The molecule has 0 saturated carbocycles. The molecule has 0 saturated heterocycles. The van der Waals surface area contributed by atoms with Crippen LogP contribution in [-0.2, 0) is 0 Å². The van der Waals surface area contributed by atoms with Crippen molar-refractivity contribution in [1.82, 2.24) is 4.90 Å². The Bertz CT molecular complexity index is 2010. The van der Waals surface area contributed by atoms with E-state index in [-0.39, 0.29) is 33.5 Å². The van der Waals surface area contributed by atoms with Gasteiger partial charge < -0.3 is 0 Å². The maximum absolute atomic E-state index is 14.7. The molecule has 2 aliphatic heterocycles. The number of carbonyl (C=O) groups excluding carboxylic acids is 4. The highest BCUT2D eigenvalue weighted by Crippen LogP contribution is 2.45. The number of alkyl halides is 3. The van der Waals surface area contributed by atoms with Crippen LogP contribution in [0.4, 0.5) is 18.9 Å². The number of benzene rings is 4. The number of amides is 4. The van der Waals surface area contributed by atoms with Crippen molar-refractivity contribution in [3.05, 3.63) is 122 Å². The normalized spacial score (nSPS) is 15.2. The molecule has 6 rings (SSSR count). The van der Waals surface area contributed by atoms with Crippen LogP contribution in [-0.4, -0.2) is 41.8 Å². The molecule has 2 aliphatic rings. The molecular formula is C36H29F3N2O4. The summed E-state index contributed by atoms with van der Waals surface area (Å²) >= 11 is 0. The van der Waals surface area contributed by atoms with Gasteiger partial charge >= 0.3 is 6.18 Å². The highest BCUT2D eigenvalue weighted by Gasteiger charge is 2.45. The smallest absolute Gasteiger partial charge is 0.277 e. The maximum atomic E-state index is 14.7. The van der Waals surface area contributed by atoms with Gasteiger partial charge in [0.25, 0.3) is 23.6 Å². The summed E-state index contributed by atoms with van der Waals surface area (Å²) in [5.74, 6) is -3.88. The Balaban J connectivity index is 1.38. The molecule has 228 valence electrons. The van der Waals surface area contributed by atoms with Crippen molar-refractivity contribution in [2.24, 2.45) is 0 Å². The van der Waals surface area contributed by atoms with Crippen LogP contribution in [0, 0.1) is 34.6 Å². The number of carbonyl (C=O) groups is 4. The van der Waals surface area contributed by atoms with E-state index in [4.69, 9.17) is 0 Å². The van der Waals surface area contributed by atoms with Gasteiger partial charge in [0.2, 0.25) is 0 Å². The van der Waals surface area contributed by atoms with Crippen molar-refractivity contribution in [3.8, 4) is 11.1 Å². The van der Waals surface area contributed by atoms with Crippen molar-refractivity contribution >= 4 is 29.3 Å². The SMILES string of the molecule is Cc1ccc(C(c2ccc(N3C(=O)c4ccc(-c5ccc6c(c5)C(=O)N(C)C6=O)cc4C3=O)c(C)c2C)C(F)(F)F)c(C)c1C. The summed E-state index contributed by atoms with van der Waals surface area (Å²) in [5.41, 5.74) is 5.44. The van der Waals surface area contributed by atoms with E-state index in [1.807, 2.05) is 6.92 Å². The van der Waals surface area contributed by atoms with E-state index in [2.05, 4.69) is 0 Å². The third-order valence-electron chi connectivity index (χ3n) is 9.40. The van der Waals surface area contributed by atoms with Crippen molar-refractivity contribution in [2.75, 3.05) is 11.9 Å². The van der Waals surface area contributed by atoms with Gasteiger partial charge in [0.15, 0.2) is 0 Å². The van der Waals surface area contributed by atoms with E-state index in [0.717, 1.165) is 20.9 Å². The Morgan fingerprint density at radius 3 is 1.60 bits per heavy atom. The number of nitrogens with zero attached hydrogens (tertiary/aromatic N) is 2. The zero-order valence-electron chi connectivity index (χ0n) is 25.5. The molecule has 4 aromatic carbocycles. The van der Waals surface area contributed by atoms with Gasteiger partial charge in [-0.3, -0.25) is 24.1 Å². The van der Waals surface area contributed by atoms with Crippen LogP contribution in [0.3, 0.4) is 0 Å². The first-order chi connectivity index (χ1) is 21.1. The number of aryl methyl sites for hydroxylation is 1. The highest BCUT2D eigenvalue weighted by molar-refractivity contribution is 6.35. The molecule has 6 nitrogen and oxygen atoms in total. The van der Waals surface area contributed by atoms with E-state index in [1.54, 1.807) is 64.1 Å². The average Bonchev–Trinajstić information content (AvgIpc) is 3.37. The van der Waals surface area contributed by atoms with E-state index < -0.39 is 35.7 Å². The molecule has 0 aliphatic carbocycles. The number of hydrogen-bond donors (Lipinski definition) is 0. The third-order valence-corrected chi connectivity index (χ3v) is 9.40. The molecule has 1 atom stereocenters. The number of hydrogen-bond acceptors (Lipinski definition) is 4. The Morgan fingerprint density at radius 1 is 0.556 bits per heavy atom. The Labute approximate surface area is 258 Å². The largest absolute Gasteiger partial charge is 0.399 e. The highest BCUT2D eigenvalue weighted by atomic mass is 19.4. The second-order valence-corrected chi connectivity index (χ2v) is 11.8. The number of halogens is 3. The lowest BCUT2D eigenvalue weighted by Crippen LogP contribution is -2.31. The molecule has 0 bridgehead atoms. The first-order valence-corrected chi connectivity index (χ1v) is 14.4. The van der Waals surface area contributed by atoms with Crippen molar-refractivity contribution in [2.45, 2.75) is 46.7 Å². The van der Waals surface area contributed by atoms with Gasteiger partial charge in [0.1, 0.15) is 5.92 Å². The molecule has 4 amide bonds. The topological polar surface area (TPSA) is 74.8 Å². The summed E-state index contributed by atoms with van der Waals surface area (Å²) in [7, 11) is 1.41. The summed E-state index contributed by atoms with van der Waals surface area (Å²) in [5, 5.41) is 0. The molecule has 0 aromatic heterocycles. The van der Waals surface area contributed by atoms with Gasteiger partial charge in [-0.05, 0) is 115 Å². The minimum atomic E-state index is -4.58. The lowest BCUT2D eigenvalue weighted by atomic mass is 9.82. The second kappa shape index (κ2) is 10.3. The van der Waals surface area contributed by atoms with Crippen LogP contribution < -0.4 is 4.90 Å². The van der Waals surface area contributed by atoms with E-state index in [9.17, 15) is 32.3 Å². The van der Waals surface area contributed by atoms with Gasteiger partial charge in [-0.25, -0.2) is 4.90 Å². The fourth-order valence-corrected chi connectivity index (χ4v) is 6.37. The van der Waals surface area contributed by atoms with Crippen LogP contribution in [0.2, 0.25) is 0 Å². The Hall–Kier alpha value is -5.05. The second-order valence-electron chi connectivity index (χ2n) is 11.8. The fraction of sp³-hybridized carbons (Fsp3) is 0.222. The van der Waals surface area contributed by atoms with Crippen LogP contribution in [0.25, 0.3) is 11.1 Å². The number of fused-ring (bicyclic) bond motifs is 2. The summed E-state index contributed by atoms with van der Waals surface area (Å²) in [4.78, 5) is 54.1. The van der Waals surface area contributed by atoms with Gasteiger partial charge in [0.05, 0.1) is 27.9 Å². The van der Waals surface area contributed by atoms with E-state index >= 15 is 0 Å². The Kier molecular flexibility index (Phi) is 6.84. The molecule has 0 radical (unpaired) electrons. The third kappa shape index (κ3) is 4.48. The van der Waals surface area contributed by atoms with Gasteiger partial charge in [-0.2, -0.15) is 13.2 Å². The lowest BCUT2D eigenvalue weighted by molar-refractivity contribution is -0.141. The lowest BCUT2D eigenvalue weighted by Gasteiger charge is -2.28. The minimum Gasteiger partial charge on any atom is -0.277 e. The quantitative estimate of drug-likeness (QED) is 0.223. The number of anilines is 1. The predicted octanol–water partition coefficient (Wildman–Crippen LogP) is 7.62. The molecule has 0 N–H and O–H groups in total.